The maximum absolute atomic E-state index is 14.7. The van der Waals surface area contributed by atoms with Gasteiger partial charge in [0.25, 0.3) is 11.8 Å². The standard InChI is InChI=1S/C20H18F5N3O3/c1-9-13(21)4-3-11(15(9)22)12-8-19(2,20(23,24)25)31-16(12)18(30)28-10-5-6-27-14(7-10)17(26)29/h3-7,12,16H,8H2,1-2H3,(H2,26,29)(H,27,28,30)/t12-,16+,19-/m0/s1. The van der Waals surface area contributed by atoms with Crippen LogP contribution in [-0.2, 0) is 9.53 Å². The van der Waals surface area contributed by atoms with Crippen molar-refractivity contribution in [3.8, 4) is 0 Å². The Hall–Kier alpha value is -3.08. The molecule has 1 aliphatic rings. The summed E-state index contributed by atoms with van der Waals surface area (Å²) in [5, 5.41) is 2.34. The van der Waals surface area contributed by atoms with Crippen molar-refractivity contribution in [1.29, 1.82) is 0 Å². The summed E-state index contributed by atoms with van der Waals surface area (Å²) < 4.78 is 74.3. The molecule has 31 heavy (non-hydrogen) atoms. The summed E-state index contributed by atoms with van der Waals surface area (Å²) in [5.41, 5.74) is 1.61. The number of aromatic nitrogens is 1. The molecule has 0 radical (unpaired) electrons. The third-order valence-corrected chi connectivity index (χ3v) is 5.25. The molecule has 6 nitrogen and oxygen atoms in total. The number of ether oxygens (including phenoxy) is 1. The highest BCUT2D eigenvalue weighted by molar-refractivity contribution is 5.97. The van der Waals surface area contributed by atoms with E-state index in [-0.39, 0.29) is 22.5 Å². The number of nitrogens with two attached hydrogens (primary N) is 1. The van der Waals surface area contributed by atoms with Crippen LogP contribution in [0.5, 0.6) is 0 Å². The monoisotopic (exact) mass is 443 g/mol. The van der Waals surface area contributed by atoms with Crippen molar-refractivity contribution in [2.24, 2.45) is 5.73 Å². The van der Waals surface area contributed by atoms with Gasteiger partial charge in [-0.3, -0.25) is 14.6 Å². The number of nitrogens with one attached hydrogen (secondary N) is 1. The van der Waals surface area contributed by atoms with Gasteiger partial charge in [-0.15, -0.1) is 0 Å². The van der Waals surface area contributed by atoms with Crippen molar-refractivity contribution < 1.29 is 36.3 Å². The van der Waals surface area contributed by atoms with Crippen molar-refractivity contribution in [1.82, 2.24) is 4.98 Å². The molecule has 166 valence electrons. The molecule has 1 aromatic carbocycles. The van der Waals surface area contributed by atoms with Crippen molar-refractivity contribution in [3.63, 3.8) is 0 Å². The Balaban J connectivity index is 1.98. The number of halogens is 5. The Labute approximate surface area is 173 Å². The lowest BCUT2D eigenvalue weighted by Gasteiger charge is -2.27. The van der Waals surface area contributed by atoms with Crippen LogP contribution in [0.15, 0.2) is 30.5 Å². The van der Waals surface area contributed by atoms with Crippen LogP contribution in [0.25, 0.3) is 0 Å². The average molecular weight is 443 g/mol. The van der Waals surface area contributed by atoms with Gasteiger partial charge in [0.05, 0.1) is 0 Å². The fourth-order valence-electron chi connectivity index (χ4n) is 3.45. The van der Waals surface area contributed by atoms with E-state index in [1.807, 2.05) is 0 Å². The normalized spacial score (nSPS) is 23.6. The zero-order valence-corrected chi connectivity index (χ0v) is 16.4. The van der Waals surface area contributed by atoms with E-state index in [0.29, 0.717) is 0 Å². The van der Waals surface area contributed by atoms with Gasteiger partial charge >= 0.3 is 6.18 Å². The maximum atomic E-state index is 14.7. The highest BCUT2D eigenvalue weighted by Gasteiger charge is 2.61. The van der Waals surface area contributed by atoms with Crippen LogP contribution in [0.2, 0.25) is 0 Å². The first-order valence-electron chi connectivity index (χ1n) is 9.10. The number of hydrogen-bond acceptors (Lipinski definition) is 4. The van der Waals surface area contributed by atoms with Gasteiger partial charge in [0.1, 0.15) is 23.4 Å². The van der Waals surface area contributed by atoms with Crippen molar-refractivity contribution >= 4 is 17.5 Å². The fraction of sp³-hybridized carbons (Fsp3) is 0.350. The number of pyridine rings is 1. The fourth-order valence-corrected chi connectivity index (χ4v) is 3.45. The van der Waals surface area contributed by atoms with Crippen LogP contribution in [0.4, 0.5) is 27.6 Å². The smallest absolute Gasteiger partial charge is 0.364 e. The molecule has 0 spiro atoms. The highest BCUT2D eigenvalue weighted by atomic mass is 19.4. The SMILES string of the molecule is Cc1c(F)ccc([C@@H]2C[C@@](C)(C(F)(F)F)O[C@H]2C(=O)Nc2ccnc(C(N)=O)c2)c1F. The highest BCUT2D eigenvalue weighted by Crippen LogP contribution is 2.50. The van der Waals surface area contributed by atoms with Gasteiger partial charge in [-0.25, -0.2) is 8.78 Å². The van der Waals surface area contributed by atoms with Crippen LogP contribution in [0.1, 0.15) is 40.9 Å². The van der Waals surface area contributed by atoms with E-state index >= 15 is 0 Å². The third kappa shape index (κ3) is 4.22. The molecular weight excluding hydrogens is 425 g/mol. The molecule has 1 aliphatic heterocycles. The number of rotatable bonds is 4. The number of nitrogens with zero attached hydrogens (tertiary/aromatic N) is 1. The summed E-state index contributed by atoms with van der Waals surface area (Å²) in [4.78, 5) is 27.8. The minimum atomic E-state index is -4.85. The van der Waals surface area contributed by atoms with Crippen LogP contribution < -0.4 is 11.1 Å². The lowest BCUT2D eigenvalue weighted by molar-refractivity contribution is -0.261. The molecule has 3 atom stereocenters. The quantitative estimate of drug-likeness (QED) is 0.706. The Morgan fingerprint density at radius 2 is 1.94 bits per heavy atom. The van der Waals surface area contributed by atoms with Crippen LogP contribution in [0, 0.1) is 18.6 Å². The lowest BCUT2D eigenvalue weighted by Crippen LogP contribution is -2.43. The Morgan fingerprint density at radius 3 is 2.55 bits per heavy atom. The van der Waals surface area contributed by atoms with Crippen LogP contribution in [0.3, 0.4) is 0 Å². The average Bonchev–Trinajstić information content (AvgIpc) is 3.05. The zero-order chi connectivity index (χ0) is 23.1. The number of alkyl halides is 3. The number of amides is 2. The number of hydrogen-bond donors (Lipinski definition) is 2. The van der Waals surface area contributed by atoms with Crippen molar-refractivity contribution in [2.45, 2.75) is 44.1 Å². The van der Waals surface area contributed by atoms with Gasteiger partial charge in [0, 0.05) is 23.4 Å². The molecule has 2 aromatic rings. The Bertz CT molecular complexity index is 1040. The predicted octanol–water partition coefficient (Wildman–Crippen LogP) is 3.60. The van der Waals surface area contributed by atoms with Crippen LogP contribution in [-0.4, -0.2) is 34.7 Å². The van der Waals surface area contributed by atoms with Gasteiger partial charge < -0.3 is 15.8 Å². The number of anilines is 1. The summed E-state index contributed by atoms with van der Waals surface area (Å²) in [7, 11) is 0. The summed E-state index contributed by atoms with van der Waals surface area (Å²) in [6, 6.07) is 4.36. The van der Waals surface area contributed by atoms with E-state index in [0.717, 1.165) is 32.0 Å². The molecular formula is C20H18F5N3O3. The molecule has 11 heteroatoms. The van der Waals surface area contributed by atoms with Gasteiger partial charge in [-0.1, -0.05) is 6.07 Å². The minimum Gasteiger partial charge on any atom is -0.364 e. The molecule has 3 rings (SSSR count). The molecule has 0 unspecified atom stereocenters. The molecule has 2 heterocycles. The second-order valence-corrected chi connectivity index (χ2v) is 7.44. The van der Waals surface area contributed by atoms with E-state index in [1.165, 1.54) is 12.3 Å². The van der Waals surface area contributed by atoms with E-state index in [1.54, 1.807) is 0 Å². The summed E-state index contributed by atoms with van der Waals surface area (Å²) in [6.07, 6.45) is -6.16. The third-order valence-electron chi connectivity index (χ3n) is 5.25. The molecule has 0 saturated carbocycles. The Morgan fingerprint density at radius 1 is 1.26 bits per heavy atom. The summed E-state index contributed by atoms with van der Waals surface area (Å²) in [6.45, 7) is 1.91. The predicted molar refractivity (Wildman–Crippen MR) is 99.2 cm³/mol. The molecule has 0 bridgehead atoms. The largest absolute Gasteiger partial charge is 0.417 e. The van der Waals surface area contributed by atoms with Crippen molar-refractivity contribution in [3.05, 3.63) is 58.9 Å². The topological polar surface area (TPSA) is 94.3 Å². The summed E-state index contributed by atoms with van der Waals surface area (Å²) >= 11 is 0. The zero-order valence-electron chi connectivity index (χ0n) is 16.4. The van der Waals surface area contributed by atoms with E-state index in [4.69, 9.17) is 10.5 Å². The van der Waals surface area contributed by atoms with E-state index in [2.05, 4.69) is 10.3 Å². The Kier molecular flexibility index (Phi) is 5.74. The molecule has 3 N–H and O–H groups in total. The first-order valence-corrected chi connectivity index (χ1v) is 9.10. The summed E-state index contributed by atoms with van der Waals surface area (Å²) in [5.74, 6) is -5.13. The van der Waals surface area contributed by atoms with Crippen molar-refractivity contribution in [2.75, 3.05) is 5.32 Å². The van der Waals surface area contributed by atoms with Gasteiger partial charge in [0.15, 0.2) is 5.60 Å². The number of primary amides is 1. The van der Waals surface area contributed by atoms with Gasteiger partial charge in [-0.2, -0.15) is 13.2 Å². The van der Waals surface area contributed by atoms with E-state index in [9.17, 15) is 31.5 Å². The minimum absolute atomic E-state index is 0.0347. The molecule has 2 amide bonds. The lowest BCUT2D eigenvalue weighted by atomic mass is 9.85. The number of benzene rings is 1. The molecule has 1 fully saturated rings. The van der Waals surface area contributed by atoms with E-state index < -0.39 is 53.7 Å². The molecule has 1 aromatic heterocycles. The first-order chi connectivity index (χ1) is 14.3. The second kappa shape index (κ2) is 7.88. The molecule has 1 saturated heterocycles. The number of carbonyl (C=O) groups is 2. The maximum Gasteiger partial charge on any atom is 0.417 e. The van der Waals surface area contributed by atoms with Gasteiger partial charge in [-0.05, 0) is 44.0 Å². The first kappa shape index (κ1) is 22.6. The van der Waals surface area contributed by atoms with Crippen LogP contribution >= 0.6 is 0 Å². The number of carbonyl (C=O) groups excluding carboxylic acids is 2. The molecule has 0 aliphatic carbocycles. The second-order valence-electron chi connectivity index (χ2n) is 7.44. The van der Waals surface area contributed by atoms with Gasteiger partial charge in [0.2, 0.25) is 0 Å².